The monoisotopic (exact) mass is 106 g/mol. The van der Waals surface area contributed by atoms with Crippen LogP contribution in [0.3, 0.4) is 0 Å². The normalized spacial score (nSPS) is 17.5. The summed E-state index contributed by atoms with van der Waals surface area (Å²) in [5, 5.41) is 0. The van der Waals surface area contributed by atoms with Crippen LogP contribution in [-0.4, -0.2) is 0 Å². The second kappa shape index (κ2) is 2.57. The minimum absolute atomic E-state index is 0.771. The fourth-order valence-electron chi connectivity index (χ4n) is 0.908. The molecule has 0 nitrogen and oxygen atoms in total. The van der Waals surface area contributed by atoms with Crippen LogP contribution in [0, 0.1) is 17.8 Å². The highest BCUT2D eigenvalue weighted by molar-refractivity contribution is 5.09. The van der Waals surface area contributed by atoms with E-state index in [1.807, 2.05) is 6.08 Å². The summed E-state index contributed by atoms with van der Waals surface area (Å²) in [6.45, 7) is 3.67. The molecule has 0 aromatic rings. The molecule has 0 unspecified atom stereocenters. The van der Waals surface area contributed by atoms with Crippen molar-refractivity contribution >= 4 is 0 Å². The Kier molecular flexibility index (Phi) is 1.75. The molecule has 0 bridgehead atoms. The van der Waals surface area contributed by atoms with Crippen LogP contribution in [0.2, 0.25) is 0 Å². The van der Waals surface area contributed by atoms with Gasteiger partial charge in [-0.15, -0.1) is 18.4 Å². The lowest BCUT2D eigenvalue weighted by atomic mass is 10.0. The number of hydrogen-bond donors (Lipinski definition) is 0. The molecular formula is C8H10. The zero-order valence-corrected chi connectivity index (χ0v) is 4.98. The molecule has 0 radical (unpaired) electrons. The summed E-state index contributed by atoms with van der Waals surface area (Å²) in [6.07, 6.45) is 5.28. The van der Waals surface area contributed by atoms with Gasteiger partial charge in [-0.1, -0.05) is 6.08 Å². The summed E-state index contributed by atoms with van der Waals surface area (Å²) in [5.41, 5.74) is 0. The zero-order valence-electron chi connectivity index (χ0n) is 4.98. The minimum atomic E-state index is 0.771. The molecule has 0 heterocycles. The maximum absolute atomic E-state index is 3.67. The van der Waals surface area contributed by atoms with Crippen molar-refractivity contribution in [2.45, 2.75) is 19.3 Å². The van der Waals surface area contributed by atoms with Crippen LogP contribution in [0.4, 0.5) is 0 Å². The van der Waals surface area contributed by atoms with Gasteiger partial charge in [0.25, 0.3) is 0 Å². The molecule has 0 aromatic heterocycles. The van der Waals surface area contributed by atoms with Crippen LogP contribution in [-0.2, 0) is 0 Å². The smallest absolute Gasteiger partial charge is 0.0129 e. The van der Waals surface area contributed by atoms with Crippen LogP contribution < -0.4 is 0 Å². The Balaban J connectivity index is 2.21. The molecule has 1 rings (SSSR count). The van der Waals surface area contributed by atoms with Crippen molar-refractivity contribution in [3.63, 3.8) is 0 Å². The van der Waals surface area contributed by atoms with Gasteiger partial charge in [0, 0.05) is 12.8 Å². The van der Waals surface area contributed by atoms with Crippen LogP contribution in [0.15, 0.2) is 12.7 Å². The Bertz CT molecular complexity index is 124. The van der Waals surface area contributed by atoms with E-state index in [0.29, 0.717) is 0 Å². The minimum Gasteiger partial charge on any atom is -0.103 e. The Labute approximate surface area is 50.6 Å². The first-order valence-electron chi connectivity index (χ1n) is 3.00. The van der Waals surface area contributed by atoms with E-state index in [-0.39, 0.29) is 0 Å². The topological polar surface area (TPSA) is 0 Å². The third-order valence-electron chi connectivity index (χ3n) is 1.41. The van der Waals surface area contributed by atoms with Crippen molar-refractivity contribution in [3.8, 4) is 11.8 Å². The van der Waals surface area contributed by atoms with Crippen molar-refractivity contribution < 1.29 is 0 Å². The van der Waals surface area contributed by atoms with Crippen molar-refractivity contribution in [3.05, 3.63) is 12.7 Å². The first-order chi connectivity index (χ1) is 3.93. The quantitative estimate of drug-likeness (QED) is 0.373. The van der Waals surface area contributed by atoms with Crippen molar-refractivity contribution in [1.82, 2.24) is 0 Å². The van der Waals surface area contributed by atoms with Gasteiger partial charge in [0.1, 0.15) is 0 Å². The standard InChI is InChI=1S/C8H10/c1-2-5-8-6-3-4-7-8/h2,8H,1,5-7H2. The Morgan fingerprint density at radius 2 is 2.12 bits per heavy atom. The second-order valence-electron chi connectivity index (χ2n) is 2.15. The molecule has 0 aliphatic heterocycles. The summed E-state index contributed by atoms with van der Waals surface area (Å²) >= 11 is 0. The van der Waals surface area contributed by atoms with Gasteiger partial charge in [-0.3, -0.25) is 0 Å². The van der Waals surface area contributed by atoms with Crippen LogP contribution in [0.5, 0.6) is 0 Å². The van der Waals surface area contributed by atoms with E-state index in [4.69, 9.17) is 0 Å². The van der Waals surface area contributed by atoms with E-state index < -0.39 is 0 Å². The van der Waals surface area contributed by atoms with E-state index in [1.165, 1.54) is 0 Å². The van der Waals surface area contributed by atoms with Crippen molar-refractivity contribution in [2.75, 3.05) is 0 Å². The molecule has 0 N–H and O–H groups in total. The molecule has 0 saturated carbocycles. The maximum Gasteiger partial charge on any atom is 0.0129 e. The number of allylic oxidation sites excluding steroid dienone is 1. The lowest BCUT2D eigenvalue weighted by Gasteiger charge is -2.00. The lowest BCUT2D eigenvalue weighted by molar-refractivity contribution is 0.586. The largest absolute Gasteiger partial charge is 0.103 e. The van der Waals surface area contributed by atoms with E-state index in [1.54, 1.807) is 0 Å². The van der Waals surface area contributed by atoms with Gasteiger partial charge >= 0.3 is 0 Å². The summed E-state index contributed by atoms with van der Waals surface area (Å²) in [4.78, 5) is 0. The van der Waals surface area contributed by atoms with E-state index in [9.17, 15) is 0 Å². The van der Waals surface area contributed by atoms with Gasteiger partial charge in [-0.05, 0) is 12.3 Å². The van der Waals surface area contributed by atoms with Crippen molar-refractivity contribution in [1.29, 1.82) is 0 Å². The second-order valence-corrected chi connectivity index (χ2v) is 2.15. The first-order valence-corrected chi connectivity index (χ1v) is 3.00. The molecule has 0 aromatic carbocycles. The van der Waals surface area contributed by atoms with Gasteiger partial charge < -0.3 is 0 Å². The fourth-order valence-corrected chi connectivity index (χ4v) is 0.908. The third-order valence-corrected chi connectivity index (χ3v) is 1.41. The highest BCUT2D eigenvalue weighted by atomic mass is 14.1. The molecule has 1 aliphatic carbocycles. The molecule has 42 valence electrons. The van der Waals surface area contributed by atoms with Gasteiger partial charge in [-0.2, -0.15) is 0 Å². The Morgan fingerprint density at radius 3 is 2.62 bits per heavy atom. The van der Waals surface area contributed by atoms with Gasteiger partial charge in [0.2, 0.25) is 0 Å². The van der Waals surface area contributed by atoms with Crippen molar-refractivity contribution in [2.24, 2.45) is 5.92 Å². The van der Waals surface area contributed by atoms with Gasteiger partial charge in [-0.25, -0.2) is 0 Å². The summed E-state index contributed by atoms with van der Waals surface area (Å²) in [5.74, 6) is 6.89. The Hall–Kier alpha value is -0.700. The summed E-state index contributed by atoms with van der Waals surface area (Å²) in [6, 6.07) is 0. The molecule has 0 saturated heterocycles. The number of rotatable bonds is 2. The first kappa shape index (κ1) is 5.44. The summed E-state index contributed by atoms with van der Waals surface area (Å²) < 4.78 is 0. The zero-order chi connectivity index (χ0) is 5.82. The lowest BCUT2D eigenvalue weighted by Crippen LogP contribution is -1.89. The number of hydrogen-bond acceptors (Lipinski definition) is 0. The molecule has 0 heteroatoms. The van der Waals surface area contributed by atoms with Gasteiger partial charge in [0.05, 0.1) is 0 Å². The fraction of sp³-hybridized carbons (Fsp3) is 0.500. The molecular weight excluding hydrogens is 96.1 g/mol. The average Bonchev–Trinajstić information content (AvgIpc) is 2.19. The molecule has 0 atom stereocenters. The molecule has 0 amide bonds. The highest BCUT2D eigenvalue weighted by Crippen LogP contribution is 2.16. The predicted molar refractivity (Wildman–Crippen MR) is 35.3 cm³/mol. The average molecular weight is 106 g/mol. The van der Waals surface area contributed by atoms with Crippen LogP contribution in [0.1, 0.15) is 19.3 Å². The summed E-state index contributed by atoms with van der Waals surface area (Å²) in [7, 11) is 0. The molecule has 1 aliphatic rings. The highest BCUT2D eigenvalue weighted by Gasteiger charge is 2.05. The maximum atomic E-state index is 3.67. The third kappa shape index (κ3) is 1.13. The van der Waals surface area contributed by atoms with E-state index >= 15 is 0 Å². The molecule has 0 spiro atoms. The van der Waals surface area contributed by atoms with E-state index in [0.717, 1.165) is 25.2 Å². The van der Waals surface area contributed by atoms with Crippen LogP contribution >= 0.6 is 0 Å². The van der Waals surface area contributed by atoms with Crippen LogP contribution in [0.25, 0.3) is 0 Å². The van der Waals surface area contributed by atoms with Gasteiger partial charge in [0.15, 0.2) is 0 Å². The predicted octanol–water partition coefficient (Wildman–Crippen LogP) is 1.98. The Morgan fingerprint density at radius 1 is 1.50 bits per heavy atom. The van der Waals surface area contributed by atoms with E-state index in [2.05, 4.69) is 18.4 Å². The molecule has 0 fully saturated rings. The molecule has 8 heavy (non-hydrogen) atoms. The SMILES string of the molecule is C=CCC1CC#CC1.